The molecule has 1 saturated heterocycles. The number of hydrogen-bond acceptors (Lipinski definition) is 6. The monoisotopic (exact) mass is 387 g/mol. The van der Waals surface area contributed by atoms with Crippen LogP contribution in [0.15, 0.2) is 33.7 Å². The third kappa shape index (κ3) is 4.86. The van der Waals surface area contributed by atoms with Gasteiger partial charge < -0.3 is 24.6 Å². The van der Waals surface area contributed by atoms with E-state index in [1.54, 1.807) is 19.1 Å². The van der Waals surface area contributed by atoms with E-state index in [9.17, 15) is 14.4 Å². The molecule has 1 fully saturated rings. The van der Waals surface area contributed by atoms with Gasteiger partial charge in [0.1, 0.15) is 17.9 Å². The van der Waals surface area contributed by atoms with Crippen LogP contribution in [0.3, 0.4) is 0 Å². The number of rotatable bonds is 6. The van der Waals surface area contributed by atoms with Gasteiger partial charge >= 0.3 is 0 Å². The molecule has 0 radical (unpaired) electrons. The smallest absolute Gasteiger partial charge is 0.263 e. The lowest BCUT2D eigenvalue weighted by Gasteiger charge is -2.32. The summed E-state index contributed by atoms with van der Waals surface area (Å²) in [4.78, 5) is 39.4. The van der Waals surface area contributed by atoms with Gasteiger partial charge in [0.25, 0.3) is 11.5 Å². The average molecular weight is 387 g/mol. The number of nitrogens with one attached hydrogen (secondary N) is 2. The van der Waals surface area contributed by atoms with Gasteiger partial charge in [0.2, 0.25) is 5.91 Å². The molecular formula is C19H25N5O4. The van der Waals surface area contributed by atoms with E-state index in [-0.39, 0.29) is 24.0 Å². The van der Waals surface area contributed by atoms with E-state index in [2.05, 4.69) is 20.7 Å². The van der Waals surface area contributed by atoms with Gasteiger partial charge in [0.05, 0.1) is 0 Å². The Morgan fingerprint density at radius 2 is 2.18 bits per heavy atom. The number of carbonyl (C=O) groups excluding carboxylic acids is 2. The number of nitrogens with zero attached hydrogens (tertiary/aromatic N) is 3. The molecule has 3 heterocycles. The maximum atomic E-state index is 12.6. The number of pyridine rings is 1. The second-order valence-electron chi connectivity index (χ2n) is 7.07. The average Bonchev–Trinajstić information content (AvgIpc) is 3.07. The maximum Gasteiger partial charge on any atom is 0.263 e. The number of amides is 2. The fourth-order valence-corrected chi connectivity index (χ4v) is 3.30. The summed E-state index contributed by atoms with van der Waals surface area (Å²) >= 11 is 0. The van der Waals surface area contributed by atoms with Crippen LogP contribution in [0.2, 0.25) is 0 Å². The first kappa shape index (κ1) is 19.8. The summed E-state index contributed by atoms with van der Waals surface area (Å²) in [6.45, 7) is 2.99. The summed E-state index contributed by atoms with van der Waals surface area (Å²) in [7, 11) is 2.04. The van der Waals surface area contributed by atoms with Crippen LogP contribution in [0.1, 0.15) is 35.4 Å². The van der Waals surface area contributed by atoms with E-state index in [0.29, 0.717) is 12.3 Å². The molecule has 150 valence electrons. The second kappa shape index (κ2) is 8.83. The third-order valence-electron chi connectivity index (χ3n) is 4.89. The highest BCUT2D eigenvalue weighted by Crippen LogP contribution is 2.14. The van der Waals surface area contributed by atoms with Crippen molar-refractivity contribution in [2.75, 3.05) is 25.5 Å². The topological polar surface area (TPSA) is 109 Å². The second-order valence-corrected chi connectivity index (χ2v) is 7.07. The molecule has 2 aromatic heterocycles. The number of aromatic nitrogens is 2. The number of carbonyl (C=O) groups is 2. The Labute approximate surface area is 162 Å². The molecule has 2 amide bonds. The highest BCUT2D eigenvalue weighted by Gasteiger charge is 2.21. The fraction of sp³-hybridized carbons (Fsp3) is 0.474. The molecule has 0 saturated carbocycles. The van der Waals surface area contributed by atoms with Crippen molar-refractivity contribution in [2.45, 2.75) is 38.8 Å². The number of hydrogen-bond donors (Lipinski definition) is 2. The van der Waals surface area contributed by atoms with Crippen LogP contribution in [0.5, 0.6) is 0 Å². The zero-order chi connectivity index (χ0) is 20.1. The van der Waals surface area contributed by atoms with Crippen molar-refractivity contribution in [3.8, 4) is 0 Å². The molecule has 2 aromatic rings. The molecule has 0 unspecified atom stereocenters. The number of anilines is 1. The molecular weight excluding hydrogens is 362 g/mol. The molecule has 0 bridgehead atoms. The van der Waals surface area contributed by atoms with Gasteiger partial charge in [0, 0.05) is 24.8 Å². The minimum atomic E-state index is -0.511. The lowest BCUT2D eigenvalue weighted by atomic mass is 10.0. The van der Waals surface area contributed by atoms with E-state index in [1.807, 2.05) is 7.05 Å². The zero-order valence-electron chi connectivity index (χ0n) is 16.1. The Morgan fingerprint density at radius 3 is 2.89 bits per heavy atom. The van der Waals surface area contributed by atoms with Crippen molar-refractivity contribution < 1.29 is 14.1 Å². The van der Waals surface area contributed by atoms with Gasteiger partial charge in [-0.2, -0.15) is 0 Å². The Balaban J connectivity index is 1.62. The fourth-order valence-electron chi connectivity index (χ4n) is 3.30. The molecule has 28 heavy (non-hydrogen) atoms. The molecule has 2 N–H and O–H groups in total. The normalized spacial score (nSPS) is 17.3. The lowest BCUT2D eigenvalue weighted by Crippen LogP contribution is -2.45. The van der Waals surface area contributed by atoms with Gasteiger partial charge in [-0.1, -0.05) is 11.6 Å². The first-order valence-electron chi connectivity index (χ1n) is 9.35. The number of likely N-dealkylation sites (tertiary alicyclic amines) is 1. The van der Waals surface area contributed by atoms with Gasteiger partial charge in [0.15, 0.2) is 5.82 Å². The van der Waals surface area contributed by atoms with Crippen LogP contribution in [0.25, 0.3) is 0 Å². The minimum Gasteiger partial charge on any atom is -0.360 e. The molecule has 0 aromatic carbocycles. The quantitative estimate of drug-likeness (QED) is 0.765. The van der Waals surface area contributed by atoms with Gasteiger partial charge in [-0.15, -0.1) is 0 Å². The number of likely N-dealkylation sites (N-methyl/N-ethyl adjacent to an activating group) is 1. The number of piperidine rings is 1. The van der Waals surface area contributed by atoms with Crippen LogP contribution in [0, 0.1) is 6.92 Å². The highest BCUT2D eigenvalue weighted by molar-refractivity contribution is 5.94. The molecule has 1 aliphatic rings. The molecule has 0 aliphatic carbocycles. The van der Waals surface area contributed by atoms with Crippen LogP contribution in [0.4, 0.5) is 5.82 Å². The van der Waals surface area contributed by atoms with E-state index in [4.69, 9.17) is 4.52 Å². The number of aryl methyl sites for hydroxylation is 1. The summed E-state index contributed by atoms with van der Waals surface area (Å²) in [5.41, 5.74) is -0.491. The van der Waals surface area contributed by atoms with Gasteiger partial charge in [-0.25, -0.2) is 0 Å². The Morgan fingerprint density at radius 1 is 1.36 bits per heavy atom. The molecule has 1 aliphatic heterocycles. The van der Waals surface area contributed by atoms with Crippen LogP contribution >= 0.6 is 0 Å². The van der Waals surface area contributed by atoms with Crippen LogP contribution in [-0.2, 0) is 11.3 Å². The van der Waals surface area contributed by atoms with E-state index in [0.717, 1.165) is 19.4 Å². The Kier molecular flexibility index (Phi) is 6.25. The van der Waals surface area contributed by atoms with E-state index < -0.39 is 17.4 Å². The third-order valence-corrected chi connectivity index (χ3v) is 4.89. The minimum absolute atomic E-state index is 0.0195. The Bertz CT molecular complexity index is 904. The van der Waals surface area contributed by atoms with Gasteiger partial charge in [-0.3, -0.25) is 14.4 Å². The van der Waals surface area contributed by atoms with Crippen molar-refractivity contribution in [1.29, 1.82) is 0 Å². The molecule has 9 heteroatoms. The summed E-state index contributed by atoms with van der Waals surface area (Å²) in [5.74, 6) is -0.0153. The van der Waals surface area contributed by atoms with Crippen molar-refractivity contribution >= 4 is 17.6 Å². The molecule has 0 spiro atoms. The first-order chi connectivity index (χ1) is 13.4. The van der Waals surface area contributed by atoms with Gasteiger partial charge in [-0.05, 0) is 45.5 Å². The predicted molar refractivity (Wildman–Crippen MR) is 103 cm³/mol. The predicted octanol–water partition coefficient (Wildman–Crippen LogP) is 0.998. The van der Waals surface area contributed by atoms with Crippen molar-refractivity contribution in [3.63, 3.8) is 0 Å². The van der Waals surface area contributed by atoms with Crippen molar-refractivity contribution in [3.05, 3.63) is 46.1 Å². The summed E-state index contributed by atoms with van der Waals surface area (Å²) in [6, 6.07) is 4.90. The molecule has 9 nitrogen and oxygen atoms in total. The van der Waals surface area contributed by atoms with Crippen molar-refractivity contribution in [2.24, 2.45) is 0 Å². The SMILES string of the molecule is Cc1cc(NC(=O)Cn2cccc(C(=O)NC[C@@H]3CCCCN3C)c2=O)no1. The van der Waals surface area contributed by atoms with Crippen molar-refractivity contribution in [1.82, 2.24) is 19.9 Å². The maximum absolute atomic E-state index is 12.6. The van der Waals surface area contributed by atoms with Crippen LogP contribution in [-0.4, -0.2) is 52.6 Å². The summed E-state index contributed by atoms with van der Waals surface area (Å²) < 4.78 is 6.08. The zero-order valence-corrected chi connectivity index (χ0v) is 16.1. The summed E-state index contributed by atoms with van der Waals surface area (Å²) in [5, 5.41) is 9.07. The highest BCUT2D eigenvalue weighted by atomic mass is 16.5. The van der Waals surface area contributed by atoms with Crippen LogP contribution < -0.4 is 16.2 Å². The standard InChI is InChI=1S/C19H25N5O4/c1-13-10-16(22-28-13)21-17(25)12-24-9-5-7-15(19(24)27)18(26)20-11-14-6-3-4-8-23(14)2/h5,7,9-10,14H,3-4,6,8,11-12H2,1-2H3,(H,20,26)(H,21,22,25)/t14-/m0/s1. The summed E-state index contributed by atoms with van der Waals surface area (Å²) in [6.07, 6.45) is 4.81. The molecule has 1 atom stereocenters. The largest absolute Gasteiger partial charge is 0.360 e. The van der Waals surface area contributed by atoms with E-state index >= 15 is 0 Å². The molecule has 3 rings (SSSR count). The Hall–Kier alpha value is -2.94. The lowest BCUT2D eigenvalue weighted by molar-refractivity contribution is -0.116. The first-order valence-corrected chi connectivity index (χ1v) is 9.35. The van der Waals surface area contributed by atoms with E-state index in [1.165, 1.54) is 23.3 Å².